The first-order valence-corrected chi connectivity index (χ1v) is 7.63. The summed E-state index contributed by atoms with van der Waals surface area (Å²) < 4.78 is 13.0. The number of hydrogen-bond donors (Lipinski definition) is 3. The molecule has 2 aliphatic rings. The molecule has 5 nitrogen and oxygen atoms in total. The summed E-state index contributed by atoms with van der Waals surface area (Å²) >= 11 is 0. The molecule has 1 heterocycles. The fourth-order valence-corrected chi connectivity index (χ4v) is 3.26. The highest BCUT2D eigenvalue weighted by Gasteiger charge is 2.57. The summed E-state index contributed by atoms with van der Waals surface area (Å²) in [7, 11) is 0. The van der Waals surface area contributed by atoms with Crippen LogP contribution in [0.4, 0.5) is 10.1 Å². The molecule has 0 bridgehead atoms. The van der Waals surface area contributed by atoms with E-state index in [1.807, 2.05) is 0 Å². The van der Waals surface area contributed by atoms with Gasteiger partial charge in [0.05, 0.1) is 6.54 Å². The summed E-state index contributed by atoms with van der Waals surface area (Å²) in [6, 6.07) is 5.68. The molecule has 1 aromatic carbocycles. The van der Waals surface area contributed by atoms with Gasteiger partial charge in [0.15, 0.2) is 0 Å². The largest absolute Gasteiger partial charge is 0.347 e. The number of amides is 2. The molecule has 1 spiro atoms. The third-order valence-corrected chi connectivity index (χ3v) is 4.64. The molecule has 1 unspecified atom stereocenters. The van der Waals surface area contributed by atoms with Crippen molar-refractivity contribution in [2.45, 2.75) is 19.3 Å². The van der Waals surface area contributed by atoms with Gasteiger partial charge in [-0.1, -0.05) is 6.07 Å². The molecule has 1 atom stereocenters. The van der Waals surface area contributed by atoms with Crippen molar-refractivity contribution in [3.8, 4) is 0 Å². The van der Waals surface area contributed by atoms with Gasteiger partial charge in [-0.3, -0.25) is 9.59 Å². The summed E-state index contributed by atoms with van der Waals surface area (Å²) in [6.07, 6.45) is 2.98. The van der Waals surface area contributed by atoms with Crippen LogP contribution >= 0.6 is 12.4 Å². The van der Waals surface area contributed by atoms with Crippen molar-refractivity contribution >= 4 is 29.9 Å². The zero-order chi connectivity index (χ0) is 15.6. The standard InChI is InChI=1S/C16H20FN3O2.ClH/c17-11-2-1-3-12(8-11)20-14(21)10-19-15(22)13-9-16(13)4-6-18-7-5-16;/h1-3,8,13,18H,4-7,9-10H2,(H,19,22)(H,20,21);1H. The highest BCUT2D eigenvalue weighted by Crippen LogP contribution is 2.58. The molecule has 1 aromatic rings. The van der Waals surface area contributed by atoms with Crippen LogP contribution in [0.3, 0.4) is 0 Å². The minimum Gasteiger partial charge on any atom is -0.347 e. The molecule has 0 radical (unpaired) electrons. The van der Waals surface area contributed by atoms with Crippen LogP contribution in [0.25, 0.3) is 0 Å². The van der Waals surface area contributed by atoms with Crippen LogP contribution in [0, 0.1) is 17.2 Å². The van der Waals surface area contributed by atoms with E-state index in [1.54, 1.807) is 6.07 Å². The number of carbonyl (C=O) groups excluding carboxylic acids is 2. The second-order valence-electron chi connectivity index (χ2n) is 6.15. The molecule has 7 heteroatoms. The lowest BCUT2D eigenvalue weighted by molar-refractivity contribution is -0.125. The van der Waals surface area contributed by atoms with Gasteiger partial charge in [-0.2, -0.15) is 0 Å². The third kappa shape index (κ3) is 4.20. The summed E-state index contributed by atoms with van der Waals surface area (Å²) in [6.45, 7) is 1.84. The minimum atomic E-state index is -0.410. The zero-order valence-electron chi connectivity index (χ0n) is 12.7. The van der Waals surface area contributed by atoms with Crippen LogP contribution in [0.2, 0.25) is 0 Å². The maximum Gasteiger partial charge on any atom is 0.243 e. The Morgan fingerprint density at radius 2 is 2.04 bits per heavy atom. The second-order valence-corrected chi connectivity index (χ2v) is 6.15. The van der Waals surface area contributed by atoms with E-state index in [0.29, 0.717) is 5.69 Å². The molecule has 2 fully saturated rings. The normalized spacial score (nSPS) is 21.2. The van der Waals surface area contributed by atoms with Crippen molar-refractivity contribution in [2.24, 2.45) is 11.3 Å². The Hall–Kier alpha value is -1.66. The number of benzene rings is 1. The van der Waals surface area contributed by atoms with E-state index >= 15 is 0 Å². The fraction of sp³-hybridized carbons (Fsp3) is 0.500. The van der Waals surface area contributed by atoms with Crippen molar-refractivity contribution in [3.05, 3.63) is 30.1 Å². The number of carbonyl (C=O) groups is 2. The third-order valence-electron chi connectivity index (χ3n) is 4.64. The van der Waals surface area contributed by atoms with E-state index in [4.69, 9.17) is 0 Å². The molecule has 1 aliphatic heterocycles. The average Bonchev–Trinajstić information content (AvgIpc) is 3.19. The van der Waals surface area contributed by atoms with Gasteiger partial charge < -0.3 is 16.0 Å². The Bertz CT molecular complexity index is 590. The van der Waals surface area contributed by atoms with Crippen molar-refractivity contribution in [1.29, 1.82) is 0 Å². The second kappa shape index (κ2) is 7.27. The topological polar surface area (TPSA) is 70.2 Å². The predicted molar refractivity (Wildman–Crippen MR) is 87.9 cm³/mol. The summed E-state index contributed by atoms with van der Waals surface area (Å²) in [5.74, 6) is -0.764. The van der Waals surface area contributed by atoms with Gasteiger partial charge in [-0.25, -0.2) is 4.39 Å². The molecule has 23 heavy (non-hydrogen) atoms. The number of piperidine rings is 1. The van der Waals surface area contributed by atoms with E-state index < -0.39 is 5.82 Å². The van der Waals surface area contributed by atoms with Gasteiger partial charge in [-0.05, 0) is 56.0 Å². The summed E-state index contributed by atoms with van der Waals surface area (Å²) in [5, 5.41) is 8.55. The number of halogens is 2. The van der Waals surface area contributed by atoms with Gasteiger partial charge in [-0.15, -0.1) is 12.4 Å². The Morgan fingerprint density at radius 3 is 2.74 bits per heavy atom. The molecule has 1 saturated heterocycles. The minimum absolute atomic E-state index is 0. The lowest BCUT2D eigenvalue weighted by Gasteiger charge is -2.23. The lowest BCUT2D eigenvalue weighted by Crippen LogP contribution is -2.37. The van der Waals surface area contributed by atoms with Gasteiger partial charge in [0, 0.05) is 11.6 Å². The number of rotatable bonds is 4. The highest BCUT2D eigenvalue weighted by molar-refractivity contribution is 5.95. The lowest BCUT2D eigenvalue weighted by atomic mass is 9.92. The maximum atomic E-state index is 13.0. The van der Waals surface area contributed by atoms with Crippen molar-refractivity contribution < 1.29 is 14.0 Å². The molecule has 3 rings (SSSR count). The Balaban J connectivity index is 0.00000192. The SMILES string of the molecule is Cl.O=C(CNC(=O)C1CC12CCNCC2)Nc1cccc(F)c1. The van der Waals surface area contributed by atoms with Crippen LogP contribution in [-0.4, -0.2) is 31.4 Å². The first-order chi connectivity index (χ1) is 10.6. The van der Waals surface area contributed by atoms with E-state index in [9.17, 15) is 14.0 Å². The molecule has 126 valence electrons. The van der Waals surface area contributed by atoms with Crippen molar-refractivity contribution in [3.63, 3.8) is 0 Å². The fourth-order valence-electron chi connectivity index (χ4n) is 3.26. The zero-order valence-corrected chi connectivity index (χ0v) is 13.5. The van der Waals surface area contributed by atoms with Crippen LogP contribution in [-0.2, 0) is 9.59 Å². The molecule has 0 aromatic heterocycles. The van der Waals surface area contributed by atoms with Gasteiger partial charge in [0.25, 0.3) is 0 Å². The maximum absolute atomic E-state index is 13.0. The molecular formula is C16H21ClFN3O2. The van der Waals surface area contributed by atoms with Gasteiger partial charge >= 0.3 is 0 Å². The summed E-state index contributed by atoms with van der Waals surface area (Å²) in [5.41, 5.74) is 0.550. The first kappa shape index (κ1) is 17.7. The van der Waals surface area contributed by atoms with Crippen molar-refractivity contribution in [2.75, 3.05) is 25.0 Å². The molecule has 1 aliphatic carbocycles. The monoisotopic (exact) mass is 341 g/mol. The van der Waals surface area contributed by atoms with Crippen LogP contribution in [0.1, 0.15) is 19.3 Å². The Labute approximate surface area is 140 Å². The number of anilines is 1. The van der Waals surface area contributed by atoms with Crippen molar-refractivity contribution in [1.82, 2.24) is 10.6 Å². The quantitative estimate of drug-likeness (QED) is 0.780. The van der Waals surface area contributed by atoms with E-state index in [1.165, 1.54) is 18.2 Å². The summed E-state index contributed by atoms with van der Waals surface area (Å²) in [4.78, 5) is 23.9. The number of hydrogen-bond acceptors (Lipinski definition) is 3. The molecule has 3 N–H and O–H groups in total. The Morgan fingerprint density at radius 1 is 1.30 bits per heavy atom. The predicted octanol–water partition coefficient (Wildman–Crippen LogP) is 1.69. The van der Waals surface area contributed by atoms with Crippen LogP contribution < -0.4 is 16.0 Å². The molecule has 1 saturated carbocycles. The van der Waals surface area contributed by atoms with Crippen LogP contribution in [0.5, 0.6) is 0 Å². The molecular weight excluding hydrogens is 321 g/mol. The Kier molecular flexibility index (Phi) is 5.59. The number of nitrogens with one attached hydrogen (secondary N) is 3. The average molecular weight is 342 g/mol. The van der Waals surface area contributed by atoms with Gasteiger partial charge in [0.2, 0.25) is 11.8 Å². The smallest absolute Gasteiger partial charge is 0.243 e. The van der Waals surface area contributed by atoms with E-state index in [0.717, 1.165) is 32.4 Å². The van der Waals surface area contributed by atoms with Gasteiger partial charge in [0.1, 0.15) is 5.82 Å². The van der Waals surface area contributed by atoms with E-state index in [2.05, 4.69) is 16.0 Å². The van der Waals surface area contributed by atoms with Crippen LogP contribution in [0.15, 0.2) is 24.3 Å². The first-order valence-electron chi connectivity index (χ1n) is 7.63. The van der Waals surface area contributed by atoms with E-state index in [-0.39, 0.29) is 42.1 Å². The molecule has 2 amide bonds. The highest BCUT2D eigenvalue weighted by atomic mass is 35.5.